The standard InChI is InChI=1S/C12H20O4/c1-8(2)12(10(15)16-4)6-5-11(3,7-12)9(13)14/h8H,5-7H2,1-4H3,(H,13,14)/t11-,12+/m1/s1. The molecule has 4 heteroatoms. The molecule has 2 atom stereocenters. The molecule has 4 nitrogen and oxygen atoms in total. The molecule has 0 bridgehead atoms. The predicted octanol–water partition coefficient (Wildman–Crippen LogP) is 2.08. The summed E-state index contributed by atoms with van der Waals surface area (Å²) in [6, 6.07) is 0. The minimum absolute atomic E-state index is 0.0983. The third-order valence-electron chi connectivity index (χ3n) is 4.04. The van der Waals surface area contributed by atoms with Gasteiger partial charge in [0.2, 0.25) is 0 Å². The van der Waals surface area contributed by atoms with Gasteiger partial charge in [0, 0.05) is 0 Å². The molecule has 0 spiro atoms. The Morgan fingerprint density at radius 3 is 2.19 bits per heavy atom. The van der Waals surface area contributed by atoms with Crippen molar-refractivity contribution in [2.24, 2.45) is 16.7 Å². The lowest BCUT2D eigenvalue weighted by molar-refractivity contribution is -0.157. The van der Waals surface area contributed by atoms with Gasteiger partial charge >= 0.3 is 11.9 Å². The Morgan fingerprint density at radius 2 is 1.88 bits per heavy atom. The summed E-state index contributed by atoms with van der Waals surface area (Å²) >= 11 is 0. The molecule has 0 aliphatic heterocycles. The highest BCUT2D eigenvalue weighted by Crippen LogP contribution is 2.53. The fourth-order valence-electron chi connectivity index (χ4n) is 2.66. The lowest BCUT2D eigenvalue weighted by Crippen LogP contribution is -2.37. The van der Waals surface area contributed by atoms with Crippen LogP contribution in [0.2, 0.25) is 0 Å². The lowest BCUT2D eigenvalue weighted by atomic mass is 9.73. The minimum Gasteiger partial charge on any atom is -0.481 e. The first-order chi connectivity index (χ1) is 7.28. The third kappa shape index (κ3) is 1.81. The van der Waals surface area contributed by atoms with E-state index in [4.69, 9.17) is 4.74 Å². The van der Waals surface area contributed by atoms with E-state index in [-0.39, 0.29) is 11.9 Å². The van der Waals surface area contributed by atoms with Gasteiger partial charge in [-0.15, -0.1) is 0 Å². The average molecular weight is 228 g/mol. The highest BCUT2D eigenvalue weighted by molar-refractivity contribution is 5.81. The zero-order chi connectivity index (χ0) is 12.6. The second kappa shape index (κ2) is 4.07. The van der Waals surface area contributed by atoms with Crippen LogP contribution in [0.3, 0.4) is 0 Å². The molecule has 0 radical (unpaired) electrons. The first kappa shape index (κ1) is 13.0. The third-order valence-corrected chi connectivity index (χ3v) is 4.04. The van der Waals surface area contributed by atoms with Crippen molar-refractivity contribution in [3.05, 3.63) is 0 Å². The van der Waals surface area contributed by atoms with Crippen molar-refractivity contribution >= 4 is 11.9 Å². The summed E-state index contributed by atoms with van der Waals surface area (Å²) in [7, 11) is 1.36. The van der Waals surface area contributed by atoms with Gasteiger partial charge in [-0.1, -0.05) is 13.8 Å². The van der Waals surface area contributed by atoms with Crippen LogP contribution in [-0.2, 0) is 14.3 Å². The number of methoxy groups -OCH3 is 1. The number of aliphatic carboxylic acids is 1. The minimum atomic E-state index is -0.820. The second-order valence-electron chi connectivity index (χ2n) is 5.35. The molecule has 1 fully saturated rings. The highest BCUT2D eigenvalue weighted by Gasteiger charge is 2.55. The zero-order valence-electron chi connectivity index (χ0n) is 10.4. The molecule has 0 aromatic rings. The molecule has 92 valence electrons. The van der Waals surface area contributed by atoms with Gasteiger partial charge in [-0.3, -0.25) is 9.59 Å². The van der Waals surface area contributed by atoms with Crippen molar-refractivity contribution in [1.29, 1.82) is 0 Å². The van der Waals surface area contributed by atoms with E-state index in [0.717, 1.165) is 0 Å². The van der Waals surface area contributed by atoms with Crippen LogP contribution in [-0.4, -0.2) is 24.2 Å². The first-order valence-corrected chi connectivity index (χ1v) is 5.60. The maximum absolute atomic E-state index is 11.9. The fourth-order valence-corrected chi connectivity index (χ4v) is 2.66. The molecule has 0 unspecified atom stereocenters. The van der Waals surface area contributed by atoms with Gasteiger partial charge < -0.3 is 9.84 Å². The summed E-state index contributed by atoms with van der Waals surface area (Å²) in [6.07, 6.45) is 1.51. The number of carbonyl (C=O) groups is 2. The van der Waals surface area contributed by atoms with E-state index in [2.05, 4.69) is 0 Å². The molecular weight excluding hydrogens is 208 g/mol. The molecule has 0 heterocycles. The van der Waals surface area contributed by atoms with Crippen molar-refractivity contribution in [1.82, 2.24) is 0 Å². The topological polar surface area (TPSA) is 63.6 Å². The van der Waals surface area contributed by atoms with Gasteiger partial charge in [0.1, 0.15) is 0 Å². The first-order valence-electron chi connectivity index (χ1n) is 5.60. The Balaban J connectivity index is 3.02. The van der Waals surface area contributed by atoms with Gasteiger partial charge in [0.15, 0.2) is 0 Å². The Bertz CT molecular complexity index is 310. The maximum atomic E-state index is 11.9. The molecule has 1 saturated carbocycles. The zero-order valence-corrected chi connectivity index (χ0v) is 10.4. The van der Waals surface area contributed by atoms with Crippen LogP contribution in [0.1, 0.15) is 40.0 Å². The van der Waals surface area contributed by atoms with Crippen LogP contribution >= 0.6 is 0 Å². The Labute approximate surface area is 96.0 Å². The van der Waals surface area contributed by atoms with Crippen molar-refractivity contribution in [3.63, 3.8) is 0 Å². The highest BCUT2D eigenvalue weighted by atomic mass is 16.5. The second-order valence-corrected chi connectivity index (χ2v) is 5.35. The average Bonchev–Trinajstić information content (AvgIpc) is 2.58. The van der Waals surface area contributed by atoms with Crippen molar-refractivity contribution in [2.75, 3.05) is 7.11 Å². The molecule has 16 heavy (non-hydrogen) atoms. The Morgan fingerprint density at radius 1 is 1.31 bits per heavy atom. The molecule has 1 rings (SSSR count). The summed E-state index contributed by atoms with van der Waals surface area (Å²) in [5, 5.41) is 9.19. The number of carboxylic acids is 1. The molecule has 0 aromatic carbocycles. The molecule has 0 saturated heterocycles. The van der Waals surface area contributed by atoms with Gasteiger partial charge in [0.25, 0.3) is 0 Å². The van der Waals surface area contributed by atoms with E-state index in [9.17, 15) is 14.7 Å². The van der Waals surface area contributed by atoms with E-state index < -0.39 is 16.8 Å². The monoisotopic (exact) mass is 228 g/mol. The summed E-state index contributed by atoms with van der Waals surface area (Å²) < 4.78 is 4.84. The molecule has 1 aliphatic rings. The van der Waals surface area contributed by atoms with E-state index in [1.54, 1.807) is 6.92 Å². The van der Waals surface area contributed by atoms with Gasteiger partial charge in [-0.05, 0) is 32.1 Å². The number of esters is 1. The largest absolute Gasteiger partial charge is 0.481 e. The Hall–Kier alpha value is -1.06. The summed E-state index contributed by atoms with van der Waals surface area (Å²) in [5.41, 5.74) is -1.42. The summed E-state index contributed by atoms with van der Waals surface area (Å²) in [6.45, 7) is 5.61. The number of hydrogen-bond donors (Lipinski definition) is 1. The van der Waals surface area contributed by atoms with E-state index >= 15 is 0 Å². The van der Waals surface area contributed by atoms with Crippen molar-refractivity contribution < 1.29 is 19.4 Å². The van der Waals surface area contributed by atoms with E-state index in [1.807, 2.05) is 13.8 Å². The molecular formula is C12H20O4. The van der Waals surface area contributed by atoms with Crippen LogP contribution in [0.5, 0.6) is 0 Å². The number of ether oxygens (including phenoxy) is 1. The SMILES string of the molecule is COC(=O)[C@@]1(C(C)C)CC[C@@](C)(C(=O)O)C1. The van der Waals surface area contributed by atoms with Crippen molar-refractivity contribution in [2.45, 2.75) is 40.0 Å². The van der Waals surface area contributed by atoms with Crippen LogP contribution in [0, 0.1) is 16.7 Å². The lowest BCUT2D eigenvalue weighted by Gasteiger charge is -2.31. The van der Waals surface area contributed by atoms with Gasteiger partial charge in [0.05, 0.1) is 17.9 Å². The molecule has 0 aromatic heterocycles. The van der Waals surface area contributed by atoms with Crippen LogP contribution in [0.15, 0.2) is 0 Å². The molecule has 1 N–H and O–H groups in total. The Kier molecular flexibility index (Phi) is 3.31. The molecule has 1 aliphatic carbocycles. The predicted molar refractivity (Wildman–Crippen MR) is 58.9 cm³/mol. The maximum Gasteiger partial charge on any atom is 0.312 e. The number of rotatable bonds is 3. The normalized spacial score (nSPS) is 34.1. The molecule has 0 amide bonds. The van der Waals surface area contributed by atoms with Crippen LogP contribution in [0.25, 0.3) is 0 Å². The number of carbonyl (C=O) groups excluding carboxylic acids is 1. The van der Waals surface area contributed by atoms with Gasteiger partial charge in [-0.25, -0.2) is 0 Å². The van der Waals surface area contributed by atoms with Crippen LogP contribution < -0.4 is 0 Å². The van der Waals surface area contributed by atoms with Gasteiger partial charge in [-0.2, -0.15) is 0 Å². The number of carboxylic acid groups (broad SMARTS) is 1. The number of hydrogen-bond acceptors (Lipinski definition) is 3. The van der Waals surface area contributed by atoms with E-state index in [0.29, 0.717) is 19.3 Å². The van der Waals surface area contributed by atoms with Crippen LogP contribution in [0.4, 0.5) is 0 Å². The summed E-state index contributed by atoms with van der Waals surface area (Å²) in [4.78, 5) is 23.1. The summed E-state index contributed by atoms with van der Waals surface area (Å²) in [5.74, 6) is -0.993. The van der Waals surface area contributed by atoms with Crippen molar-refractivity contribution in [3.8, 4) is 0 Å². The smallest absolute Gasteiger partial charge is 0.312 e. The fraction of sp³-hybridized carbons (Fsp3) is 0.833. The van der Waals surface area contributed by atoms with E-state index in [1.165, 1.54) is 7.11 Å². The quantitative estimate of drug-likeness (QED) is 0.751.